The lowest BCUT2D eigenvalue weighted by molar-refractivity contribution is -0.118. The Morgan fingerprint density at radius 3 is 2.82 bits per heavy atom. The second kappa shape index (κ2) is 2.72. The highest BCUT2D eigenvalue weighted by atomic mass is 16.3. The lowest BCUT2D eigenvalue weighted by Gasteiger charge is -2.13. The standard InChI is InChI=1S/C8H9NO2/c1-2-5-3-4-6(10)8(11)7(5)9/h2-4,7,10H,1,9H2. The summed E-state index contributed by atoms with van der Waals surface area (Å²) in [5.74, 6) is -0.745. The Kier molecular flexibility index (Phi) is 1.92. The molecule has 0 saturated carbocycles. The Balaban J connectivity index is 3.02. The summed E-state index contributed by atoms with van der Waals surface area (Å²) in [6.45, 7) is 3.48. The van der Waals surface area contributed by atoms with E-state index in [4.69, 9.17) is 10.8 Å². The van der Waals surface area contributed by atoms with Gasteiger partial charge in [-0.05, 0) is 11.6 Å². The zero-order valence-electron chi connectivity index (χ0n) is 5.95. The molecule has 1 aliphatic carbocycles. The molecule has 0 aromatic heterocycles. The molecule has 1 atom stereocenters. The summed E-state index contributed by atoms with van der Waals surface area (Å²) in [6, 6.07) is -0.752. The zero-order valence-corrected chi connectivity index (χ0v) is 5.95. The third-order valence-electron chi connectivity index (χ3n) is 1.56. The molecule has 0 amide bonds. The van der Waals surface area contributed by atoms with Crippen molar-refractivity contribution in [2.24, 2.45) is 5.73 Å². The van der Waals surface area contributed by atoms with Gasteiger partial charge in [0.15, 0.2) is 5.76 Å². The van der Waals surface area contributed by atoms with Crippen molar-refractivity contribution in [2.45, 2.75) is 6.04 Å². The van der Waals surface area contributed by atoms with Gasteiger partial charge in [0.2, 0.25) is 5.78 Å². The van der Waals surface area contributed by atoms with Crippen LogP contribution in [0.5, 0.6) is 0 Å². The number of carbonyl (C=O) groups excluding carboxylic acids is 1. The van der Waals surface area contributed by atoms with Crippen LogP contribution in [0.1, 0.15) is 0 Å². The summed E-state index contributed by atoms with van der Waals surface area (Å²) >= 11 is 0. The third-order valence-corrected chi connectivity index (χ3v) is 1.56. The SMILES string of the molecule is C=CC1=CC=C(O)C(=O)C1N. The van der Waals surface area contributed by atoms with Gasteiger partial charge in [-0.25, -0.2) is 0 Å². The van der Waals surface area contributed by atoms with Crippen LogP contribution in [0, 0.1) is 0 Å². The maximum atomic E-state index is 11.0. The monoisotopic (exact) mass is 151 g/mol. The molecule has 1 unspecified atom stereocenters. The molecule has 3 N–H and O–H groups in total. The number of aliphatic hydroxyl groups is 1. The molecular weight excluding hydrogens is 142 g/mol. The van der Waals surface area contributed by atoms with Crippen molar-refractivity contribution < 1.29 is 9.90 Å². The van der Waals surface area contributed by atoms with Crippen molar-refractivity contribution >= 4 is 5.78 Å². The molecule has 1 rings (SSSR count). The van der Waals surface area contributed by atoms with Gasteiger partial charge in [-0.2, -0.15) is 0 Å². The minimum atomic E-state index is -0.752. The van der Waals surface area contributed by atoms with E-state index in [2.05, 4.69) is 6.58 Å². The van der Waals surface area contributed by atoms with Crippen LogP contribution >= 0.6 is 0 Å². The third kappa shape index (κ3) is 1.23. The number of ketones is 1. The topological polar surface area (TPSA) is 63.3 Å². The number of hydrogen-bond donors (Lipinski definition) is 2. The second-order valence-corrected chi connectivity index (χ2v) is 2.26. The molecule has 58 valence electrons. The van der Waals surface area contributed by atoms with E-state index >= 15 is 0 Å². The van der Waals surface area contributed by atoms with Gasteiger partial charge < -0.3 is 10.8 Å². The van der Waals surface area contributed by atoms with Crippen molar-refractivity contribution in [3.63, 3.8) is 0 Å². The average molecular weight is 151 g/mol. The second-order valence-electron chi connectivity index (χ2n) is 2.26. The van der Waals surface area contributed by atoms with Crippen molar-refractivity contribution in [1.29, 1.82) is 0 Å². The van der Waals surface area contributed by atoms with Gasteiger partial charge in [-0.1, -0.05) is 18.7 Å². The quantitative estimate of drug-likeness (QED) is 0.572. The van der Waals surface area contributed by atoms with Gasteiger partial charge in [0.25, 0.3) is 0 Å². The van der Waals surface area contributed by atoms with Crippen LogP contribution in [0.2, 0.25) is 0 Å². The van der Waals surface area contributed by atoms with Gasteiger partial charge in [-0.3, -0.25) is 4.79 Å². The predicted molar refractivity (Wildman–Crippen MR) is 42.0 cm³/mol. The number of rotatable bonds is 1. The van der Waals surface area contributed by atoms with Gasteiger partial charge in [0.05, 0.1) is 6.04 Å². The minimum absolute atomic E-state index is 0.289. The van der Waals surface area contributed by atoms with Gasteiger partial charge >= 0.3 is 0 Å². The molecule has 3 nitrogen and oxygen atoms in total. The van der Waals surface area contributed by atoms with Crippen LogP contribution in [0.25, 0.3) is 0 Å². The fourth-order valence-electron chi connectivity index (χ4n) is 0.867. The van der Waals surface area contributed by atoms with Gasteiger partial charge in [-0.15, -0.1) is 0 Å². The Morgan fingerprint density at radius 2 is 2.27 bits per heavy atom. The van der Waals surface area contributed by atoms with Crippen LogP contribution in [0.4, 0.5) is 0 Å². The Morgan fingerprint density at radius 1 is 1.64 bits per heavy atom. The average Bonchev–Trinajstić information content (AvgIpc) is 2.01. The lowest BCUT2D eigenvalue weighted by Crippen LogP contribution is -2.34. The molecule has 0 aromatic carbocycles. The van der Waals surface area contributed by atoms with E-state index < -0.39 is 11.8 Å². The molecule has 0 saturated heterocycles. The summed E-state index contributed by atoms with van der Waals surface area (Å²) in [5.41, 5.74) is 6.07. The Labute approximate surface area is 64.5 Å². The summed E-state index contributed by atoms with van der Waals surface area (Å²) < 4.78 is 0. The van der Waals surface area contributed by atoms with E-state index in [9.17, 15) is 4.79 Å². The number of allylic oxidation sites excluding steroid dienone is 2. The van der Waals surface area contributed by atoms with Gasteiger partial charge in [0.1, 0.15) is 0 Å². The van der Waals surface area contributed by atoms with Crippen molar-refractivity contribution in [3.8, 4) is 0 Å². The Hall–Kier alpha value is -1.35. The molecule has 0 radical (unpaired) electrons. The molecule has 0 aromatic rings. The normalized spacial score (nSPS) is 24.1. The van der Waals surface area contributed by atoms with E-state index in [0.29, 0.717) is 5.57 Å². The largest absolute Gasteiger partial charge is 0.504 e. The Bertz CT molecular complexity index is 263. The smallest absolute Gasteiger partial charge is 0.218 e. The van der Waals surface area contributed by atoms with E-state index in [1.807, 2.05) is 0 Å². The number of aliphatic hydroxyl groups excluding tert-OH is 1. The van der Waals surface area contributed by atoms with Crippen LogP contribution in [0.15, 0.2) is 36.1 Å². The summed E-state index contributed by atoms with van der Waals surface area (Å²) in [5, 5.41) is 8.91. The number of hydrogen-bond acceptors (Lipinski definition) is 3. The molecule has 0 spiro atoms. The van der Waals surface area contributed by atoms with E-state index in [1.165, 1.54) is 12.2 Å². The molecule has 0 aliphatic heterocycles. The number of Topliss-reactive ketones (excluding diaryl/α,β-unsaturated/α-hetero) is 1. The van der Waals surface area contributed by atoms with Crippen molar-refractivity contribution in [3.05, 3.63) is 36.1 Å². The van der Waals surface area contributed by atoms with Crippen LogP contribution in [-0.4, -0.2) is 16.9 Å². The maximum Gasteiger partial charge on any atom is 0.218 e. The molecular formula is C8H9NO2. The van der Waals surface area contributed by atoms with Crippen LogP contribution in [0.3, 0.4) is 0 Å². The fourth-order valence-corrected chi connectivity index (χ4v) is 0.867. The predicted octanol–water partition coefficient (Wildman–Crippen LogP) is 0.451. The zero-order chi connectivity index (χ0) is 8.43. The summed E-state index contributed by atoms with van der Waals surface area (Å²) in [7, 11) is 0. The first-order valence-corrected chi connectivity index (χ1v) is 3.20. The highest BCUT2D eigenvalue weighted by Crippen LogP contribution is 2.12. The summed E-state index contributed by atoms with van der Waals surface area (Å²) in [4.78, 5) is 11.0. The number of nitrogens with two attached hydrogens (primary N) is 1. The highest BCUT2D eigenvalue weighted by molar-refractivity contribution is 6.01. The first-order valence-electron chi connectivity index (χ1n) is 3.20. The molecule has 3 heteroatoms. The minimum Gasteiger partial charge on any atom is -0.504 e. The molecule has 0 heterocycles. The first kappa shape index (κ1) is 7.75. The summed E-state index contributed by atoms with van der Waals surface area (Å²) in [6.07, 6.45) is 4.41. The maximum absolute atomic E-state index is 11.0. The van der Waals surface area contributed by atoms with E-state index in [1.54, 1.807) is 6.08 Å². The van der Waals surface area contributed by atoms with Gasteiger partial charge in [0, 0.05) is 0 Å². The fraction of sp³-hybridized carbons (Fsp3) is 0.125. The molecule has 0 fully saturated rings. The van der Waals surface area contributed by atoms with Crippen molar-refractivity contribution in [2.75, 3.05) is 0 Å². The highest BCUT2D eigenvalue weighted by Gasteiger charge is 2.22. The van der Waals surface area contributed by atoms with E-state index in [-0.39, 0.29) is 5.76 Å². The van der Waals surface area contributed by atoms with Crippen LogP contribution < -0.4 is 5.73 Å². The molecule has 0 bridgehead atoms. The lowest BCUT2D eigenvalue weighted by atomic mass is 9.97. The molecule has 11 heavy (non-hydrogen) atoms. The van der Waals surface area contributed by atoms with E-state index in [0.717, 1.165) is 0 Å². The molecule has 1 aliphatic rings. The first-order chi connectivity index (χ1) is 5.16. The van der Waals surface area contributed by atoms with Crippen LogP contribution in [-0.2, 0) is 4.79 Å². The van der Waals surface area contributed by atoms with Crippen molar-refractivity contribution in [1.82, 2.24) is 0 Å². The number of carbonyl (C=O) groups is 1.